The van der Waals surface area contributed by atoms with Crippen LogP contribution in [-0.2, 0) is 16.1 Å². The number of nitrogens with zero attached hydrogens (tertiary/aromatic N) is 5. The van der Waals surface area contributed by atoms with Crippen LogP contribution < -0.4 is 5.32 Å². The number of hydrogen-bond donors (Lipinski definition) is 2. The molecule has 0 bridgehead atoms. The summed E-state index contributed by atoms with van der Waals surface area (Å²) in [7, 11) is 0. The number of hydrogen-bond acceptors (Lipinski definition) is 8. The molecular weight excluding hydrogens is 415 g/mol. The highest BCUT2D eigenvalue weighted by Gasteiger charge is 2.41. The van der Waals surface area contributed by atoms with Crippen LogP contribution in [0, 0.1) is 6.92 Å². The van der Waals surface area contributed by atoms with Crippen molar-refractivity contribution in [3.05, 3.63) is 47.2 Å². The molecule has 0 spiro atoms. The van der Waals surface area contributed by atoms with Gasteiger partial charge in [-0.1, -0.05) is 6.07 Å². The molecule has 2 fully saturated rings. The first-order valence-electron chi connectivity index (χ1n) is 10.8. The standard InChI is InChI=1S/C22H25FN6O3/c1-12-4-13(7-24-6-12)17-5-14(23)9-29(17)22(31)20-19-15(8-25-20)26-11-27-21(19)28-16-10-32-3-2-18(16)30/h4,6-7,11,14,16-18,30H,2-3,5,8-10H2,1H3,(H,26,27,28)/t14-,16+,17+,18+/m0/s1. The third-order valence-corrected chi connectivity index (χ3v) is 6.19. The van der Waals surface area contributed by atoms with Gasteiger partial charge in [0.05, 0.1) is 49.1 Å². The fraction of sp³-hybridized carbons (Fsp3) is 0.500. The van der Waals surface area contributed by atoms with Gasteiger partial charge in [-0.25, -0.2) is 14.4 Å². The molecule has 0 radical (unpaired) electrons. The number of rotatable bonds is 4. The first kappa shape index (κ1) is 20.9. The van der Waals surface area contributed by atoms with E-state index in [1.54, 1.807) is 12.4 Å². The lowest BCUT2D eigenvalue weighted by molar-refractivity contribution is -0.125. The SMILES string of the molecule is Cc1cncc([C@H]2C[C@H](F)CN2C(=O)C2=NCc3ncnc(N[C@@H]4COCC[C@H]4O)c32)c1. The molecule has 4 atom stereocenters. The van der Waals surface area contributed by atoms with E-state index in [4.69, 9.17) is 4.74 Å². The average Bonchev–Trinajstić information content (AvgIpc) is 3.39. The van der Waals surface area contributed by atoms with Gasteiger partial charge in [0, 0.05) is 25.4 Å². The van der Waals surface area contributed by atoms with Crippen LogP contribution in [-0.4, -0.2) is 74.7 Å². The predicted molar refractivity (Wildman–Crippen MR) is 114 cm³/mol. The first-order chi connectivity index (χ1) is 15.5. The van der Waals surface area contributed by atoms with Gasteiger partial charge >= 0.3 is 0 Å². The maximum absolute atomic E-state index is 14.5. The second-order valence-electron chi connectivity index (χ2n) is 8.49. The lowest BCUT2D eigenvalue weighted by atomic mass is 10.0. The number of aromatic nitrogens is 3. The summed E-state index contributed by atoms with van der Waals surface area (Å²) in [6.45, 7) is 3.00. The minimum absolute atomic E-state index is 0.00255. The smallest absolute Gasteiger partial charge is 0.273 e. The Balaban J connectivity index is 1.44. The topological polar surface area (TPSA) is 113 Å². The molecule has 0 aliphatic carbocycles. The number of anilines is 1. The Morgan fingerprint density at radius 3 is 3.03 bits per heavy atom. The number of nitrogens with one attached hydrogen (secondary N) is 1. The Hall–Kier alpha value is -2.98. The predicted octanol–water partition coefficient (Wildman–Crippen LogP) is 1.36. The second kappa shape index (κ2) is 8.51. The first-order valence-corrected chi connectivity index (χ1v) is 10.8. The summed E-state index contributed by atoms with van der Waals surface area (Å²) in [6, 6.07) is 1.17. The van der Waals surface area contributed by atoms with Gasteiger partial charge in [-0.15, -0.1) is 0 Å². The number of likely N-dealkylation sites (tertiary alicyclic amines) is 1. The van der Waals surface area contributed by atoms with Crippen LogP contribution >= 0.6 is 0 Å². The third kappa shape index (κ3) is 3.84. The average molecular weight is 440 g/mol. The number of amides is 1. The van der Waals surface area contributed by atoms with Crippen LogP contribution in [0.1, 0.15) is 41.3 Å². The van der Waals surface area contributed by atoms with Gasteiger partial charge in [-0.3, -0.25) is 14.8 Å². The normalized spacial score (nSPS) is 27.2. The highest BCUT2D eigenvalue weighted by molar-refractivity contribution is 6.47. The summed E-state index contributed by atoms with van der Waals surface area (Å²) >= 11 is 0. The van der Waals surface area contributed by atoms with Gasteiger partial charge in [0.25, 0.3) is 5.91 Å². The molecule has 2 aromatic rings. The quantitative estimate of drug-likeness (QED) is 0.738. The third-order valence-electron chi connectivity index (χ3n) is 6.19. The minimum Gasteiger partial charge on any atom is -0.391 e. The second-order valence-corrected chi connectivity index (χ2v) is 8.49. The van der Waals surface area contributed by atoms with Crippen molar-refractivity contribution in [2.75, 3.05) is 25.1 Å². The summed E-state index contributed by atoms with van der Waals surface area (Å²) < 4.78 is 19.9. The van der Waals surface area contributed by atoms with Gasteiger partial charge in [-0.2, -0.15) is 0 Å². The van der Waals surface area contributed by atoms with E-state index in [1.165, 1.54) is 11.2 Å². The Kier molecular flexibility index (Phi) is 5.56. The molecule has 0 aromatic carbocycles. The van der Waals surface area contributed by atoms with Crippen LogP contribution in [0.3, 0.4) is 0 Å². The van der Waals surface area contributed by atoms with Gasteiger partial charge in [0.15, 0.2) is 0 Å². The van der Waals surface area contributed by atoms with E-state index in [1.807, 2.05) is 13.0 Å². The number of halogens is 1. The van der Waals surface area contributed by atoms with Crippen molar-refractivity contribution in [3.63, 3.8) is 0 Å². The molecule has 2 saturated heterocycles. The minimum atomic E-state index is -1.12. The van der Waals surface area contributed by atoms with Crippen molar-refractivity contribution in [1.82, 2.24) is 19.9 Å². The fourth-order valence-electron chi connectivity index (χ4n) is 4.57. The molecule has 2 aromatic heterocycles. The molecule has 3 aliphatic heterocycles. The van der Waals surface area contributed by atoms with Crippen LogP contribution in [0.15, 0.2) is 29.8 Å². The molecule has 0 saturated carbocycles. The maximum atomic E-state index is 14.5. The van der Waals surface area contributed by atoms with Crippen molar-refractivity contribution in [2.24, 2.45) is 4.99 Å². The highest BCUT2D eigenvalue weighted by atomic mass is 19.1. The van der Waals surface area contributed by atoms with Crippen LogP contribution in [0.5, 0.6) is 0 Å². The lowest BCUT2D eigenvalue weighted by Crippen LogP contribution is -2.43. The monoisotopic (exact) mass is 440 g/mol. The largest absolute Gasteiger partial charge is 0.391 e. The van der Waals surface area contributed by atoms with Crippen molar-refractivity contribution >= 4 is 17.4 Å². The molecule has 5 heterocycles. The maximum Gasteiger partial charge on any atom is 0.273 e. The Labute approximate surface area is 184 Å². The number of pyridine rings is 1. The van der Waals surface area contributed by atoms with Crippen molar-refractivity contribution in [1.29, 1.82) is 0 Å². The van der Waals surface area contributed by atoms with Crippen LogP contribution in [0.2, 0.25) is 0 Å². The zero-order chi connectivity index (χ0) is 22.2. The molecule has 1 amide bonds. The van der Waals surface area contributed by atoms with E-state index in [0.29, 0.717) is 36.7 Å². The van der Waals surface area contributed by atoms with Crippen molar-refractivity contribution in [2.45, 2.75) is 50.7 Å². The number of aliphatic hydroxyl groups is 1. The fourth-order valence-corrected chi connectivity index (χ4v) is 4.57. The van der Waals surface area contributed by atoms with E-state index in [-0.39, 0.29) is 37.2 Å². The molecule has 168 valence electrons. The zero-order valence-corrected chi connectivity index (χ0v) is 17.7. The van der Waals surface area contributed by atoms with Crippen molar-refractivity contribution in [3.8, 4) is 0 Å². The van der Waals surface area contributed by atoms with E-state index >= 15 is 0 Å². The highest BCUT2D eigenvalue weighted by Crippen LogP contribution is 2.35. The number of alkyl halides is 1. The Morgan fingerprint density at radius 1 is 1.34 bits per heavy atom. The molecule has 2 N–H and O–H groups in total. The number of carbonyl (C=O) groups is 1. The van der Waals surface area contributed by atoms with E-state index in [2.05, 4.69) is 25.3 Å². The van der Waals surface area contributed by atoms with Gasteiger partial charge in [0.2, 0.25) is 0 Å². The van der Waals surface area contributed by atoms with Crippen molar-refractivity contribution < 1.29 is 19.0 Å². The zero-order valence-electron chi connectivity index (χ0n) is 17.7. The van der Waals surface area contributed by atoms with Gasteiger partial charge in [0.1, 0.15) is 24.0 Å². The number of carbonyl (C=O) groups excluding carboxylic acids is 1. The van der Waals surface area contributed by atoms with Crippen LogP contribution in [0.4, 0.5) is 10.2 Å². The molecule has 3 aliphatic rings. The van der Waals surface area contributed by atoms with E-state index < -0.39 is 18.3 Å². The number of ether oxygens (including phenoxy) is 1. The van der Waals surface area contributed by atoms with Gasteiger partial charge in [-0.05, 0) is 24.5 Å². The van der Waals surface area contributed by atoms with Gasteiger partial charge < -0.3 is 20.1 Å². The number of aliphatic hydroxyl groups excluding tert-OH is 1. The number of aliphatic imine (C=N–C) groups is 1. The van der Waals surface area contributed by atoms with E-state index in [9.17, 15) is 14.3 Å². The summed E-state index contributed by atoms with van der Waals surface area (Å²) in [5.74, 6) is 0.0765. The summed E-state index contributed by atoms with van der Waals surface area (Å²) in [6.07, 6.45) is 3.85. The number of aryl methyl sites for hydroxylation is 1. The molecule has 9 nitrogen and oxygen atoms in total. The summed E-state index contributed by atoms with van der Waals surface area (Å²) in [4.78, 5) is 32.4. The lowest BCUT2D eigenvalue weighted by Gasteiger charge is -2.29. The van der Waals surface area contributed by atoms with E-state index in [0.717, 1.165) is 11.1 Å². The Bertz CT molecular complexity index is 1060. The number of fused-ring (bicyclic) bond motifs is 1. The molecule has 10 heteroatoms. The molecule has 32 heavy (non-hydrogen) atoms. The molecule has 0 unspecified atom stereocenters. The summed E-state index contributed by atoms with van der Waals surface area (Å²) in [5, 5.41) is 13.5. The summed E-state index contributed by atoms with van der Waals surface area (Å²) in [5.41, 5.74) is 3.12. The molecular formula is C22H25FN6O3. The van der Waals surface area contributed by atoms with Crippen LogP contribution in [0.25, 0.3) is 0 Å². The molecule has 5 rings (SSSR count). The Morgan fingerprint density at radius 2 is 2.22 bits per heavy atom.